The maximum Gasteiger partial charge on any atom is 0.203 e. The summed E-state index contributed by atoms with van der Waals surface area (Å²) in [7, 11) is 0. The number of hydrazone groups is 1. The summed E-state index contributed by atoms with van der Waals surface area (Å²) in [4.78, 5) is 4.58. The first kappa shape index (κ1) is 15.7. The van der Waals surface area contributed by atoms with Gasteiger partial charge in [-0.2, -0.15) is 5.10 Å². The highest BCUT2D eigenvalue weighted by molar-refractivity contribution is 7.14. The van der Waals surface area contributed by atoms with E-state index in [1.165, 1.54) is 24.8 Å². The second kappa shape index (κ2) is 7.93. The Morgan fingerprint density at radius 3 is 2.71 bits per heavy atom. The summed E-state index contributed by atoms with van der Waals surface area (Å²) in [5.41, 5.74) is 7.61. The minimum Gasteiger partial charge on any atom is -0.253 e. The van der Waals surface area contributed by atoms with Crippen LogP contribution in [0.15, 0.2) is 34.7 Å². The van der Waals surface area contributed by atoms with Crippen LogP contribution in [0, 0.1) is 6.92 Å². The molecule has 112 valence electrons. The molecule has 0 unspecified atom stereocenters. The van der Waals surface area contributed by atoms with Gasteiger partial charge >= 0.3 is 0 Å². The normalized spacial score (nSPS) is 11.7. The predicted octanol–water partition coefficient (Wildman–Crippen LogP) is 5.49. The predicted molar refractivity (Wildman–Crippen MR) is 93.2 cm³/mol. The Labute approximate surface area is 131 Å². The number of anilines is 1. The largest absolute Gasteiger partial charge is 0.253 e. The molecular formula is C17H23N3S. The maximum absolute atomic E-state index is 4.58. The Kier molecular flexibility index (Phi) is 5.93. The van der Waals surface area contributed by atoms with Crippen LogP contribution in [-0.2, 0) is 0 Å². The molecule has 1 aromatic heterocycles. The van der Waals surface area contributed by atoms with Gasteiger partial charge in [0.05, 0.1) is 5.69 Å². The van der Waals surface area contributed by atoms with Gasteiger partial charge in [0.1, 0.15) is 0 Å². The van der Waals surface area contributed by atoms with E-state index >= 15 is 0 Å². The van der Waals surface area contributed by atoms with Crippen molar-refractivity contribution in [1.29, 1.82) is 0 Å². The molecule has 2 aromatic rings. The molecule has 2 rings (SSSR count). The maximum atomic E-state index is 4.58. The van der Waals surface area contributed by atoms with E-state index in [1.54, 1.807) is 11.3 Å². The van der Waals surface area contributed by atoms with Crippen LogP contribution in [0.5, 0.6) is 0 Å². The Hall–Kier alpha value is -1.68. The average molecular weight is 301 g/mol. The van der Waals surface area contributed by atoms with Crippen LogP contribution in [0.25, 0.3) is 11.3 Å². The van der Waals surface area contributed by atoms with Crippen molar-refractivity contribution in [2.45, 2.75) is 46.5 Å². The van der Waals surface area contributed by atoms with Crippen molar-refractivity contribution in [3.63, 3.8) is 0 Å². The van der Waals surface area contributed by atoms with Crippen molar-refractivity contribution in [3.05, 3.63) is 35.2 Å². The number of nitrogens with zero attached hydrogens (tertiary/aromatic N) is 2. The first-order valence-corrected chi connectivity index (χ1v) is 8.38. The van der Waals surface area contributed by atoms with E-state index in [1.807, 2.05) is 0 Å². The monoisotopic (exact) mass is 301 g/mol. The number of hydrogen-bond donors (Lipinski definition) is 1. The van der Waals surface area contributed by atoms with Gasteiger partial charge in [0.15, 0.2) is 0 Å². The third-order valence-electron chi connectivity index (χ3n) is 3.34. The molecule has 1 heterocycles. The van der Waals surface area contributed by atoms with Crippen LogP contribution in [0.4, 0.5) is 5.13 Å². The molecule has 0 amide bonds. The third kappa shape index (κ3) is 4.97. The van der Waals surface area contributed by atoms with Crippen LogP contribution < -0.4 is 5.43 Å². The van der Waals surface area contributed by atoms with Crippen LogP contribution >= 0.6 is 11.3 Å². The summed E-state index contributed by atoms with van der Waals surface area (Å²) in [6.45, 7) is 6.37. The highest BCUT2D eigenvalue weighted by Crippen LogP contribution is 2.25. The quantitative estimate of drug-likeness (QED) is 0.417. The number of rotatable bonds is 7. The molecule has 3 nitrogen and oxygen atoms in total. The summed E-state index contributed by atoms with van der Waals surface area (Å²) < 4.78 is 0. The van der Waals surface area contributed by atoms with Gasteiger partial charge in [0, 0.05) is 16.7 Å². The van der Waals surface area contributed by atoms with Crippen LogP contribution in [0.3, 0.4) is 0 Å². The molecule has 0 aliphatic heterocycles. The van der Waals surface area contributed by atoms with Crippen molar-refractivity contribution < 1.29 is 0 Å². The molecule has 0 atom stereocenters. The third-order valence-corrected chi connectivity index (χ3v) is 4.08. The molecule has 4 heteroatoms. The lowest BCUT2D eigenvalue weighted by molar-refractivity contribution is 0.740. The zero-order valence-corrected chi connectivity index (χ0v) is 13.8. The SMILES string of the molecule is CCCCC/C(C)=N/Nc1nc(-c2ccc(C)cc2)cs1. The Balaban J connectivity index is 1.94. The van der Waals surface area contributed by atoms with Gasteiger partial charge in [0.2, 0.25) is 5.13 Å². The molecule has 0 fully saturated rings. The fourth-order valence-electron chi connectivity index (χ4n) is 2.01. The Morgan fingerprint density at radius 1 is 1.24 bits per heavy atom. The number of nitrogens with one attached hydrogen (secondary N) is 1. The van der Waals surface area contributed by atoms with E-state index in [-0.39, 0.29) is 0 Å². The number of aromatic nitrogens is 1. The van der Waals surface area contributed by atoms with Gasteiger partial charge in [-0.25, -0.2) is 4.98 Å². The molecule has 1 N–H and O–H groups in total. The second-order valence-electron chi connectivity index (χ2n) is 5.32. The number of benzene rings is 1. The molecule has 1 aromatic carbocycles. The van der Waals surface area contributed by atoms with Crippen molar-refractivity contribution in [2.75, 3.05) is 5.43 Å². The first-order chi connectivity index (χ1) is 10.2. The minimum absolute atomic E-state index is 0.848. The van der Waals surface area contributed by atoms with E-state index in [0.29, 0.717) is 0 Å². The summed E-state index contributed by atoms with van der Waals surface area (Å²) in [5.74, 6) is 0. The fraction of sp³-hybridized carbons (Fsp3) is 0.412. The van der Waals surface area contributed by atoms with Gasteiger partial charge in [-0.3, -0.25) is 5.43 Å². The van der Waals surface area contributed by atoms with E-state index in [4.69, 9.17) is 0 Å². The van der Waals surface area contributed by atoms with Crippen LogP contribution in [0.2, 0.25) is 0 Å². The van der Waals surface area contributed by atoms with Gasteiger partial charge in [-0.1, -0.05) is 49.6 Å². The van der Waals surface area contributed by atoms with E-state index in [9.17, 15) is 0 Å². The first-order valence-electron chi connectivity index (χ1n) is 7.50. The van der Waals surface area contributed by atoms with Crippen molar-refractivity contribution in [3.8, 4) is 11.3 Å². The molecule has 0 aliphatic carbocycles. The fourth-order valence-corrected chi connectivity index (χ4v) is 2.67. The molecule has 0 radical (unpaired) electrons. The number of unbranched alkanes of at least 4 members (excludes halogenated alkanes) is 2. The van der Waals surface area contributed by atoms with Crippen molar-refractivity contribution >= 4 is 22.2 Å². The smallest absolute Gasteiger partial charge is 0.203 e. The Bertz CT molecular complexity index is 584. The van der Waals surface area contributed by atoms with Gasteiger partial charge < -0.3 is 0 Å². The molecule has 0 spiro atoms. The highest BCUT2D eigenvalue weighted by atomic mass is 32.1. The second-order valence-corrected chi connectivity index (χ2v) is 6.18. The number of aryl methyl sites for hydroxylation is 1. The molecule has 0 bridgehead atoms. The minimum atomic E-state index is 0.848. The summed E-state index contributed by atoms with van der Waals surface area (Å²) in [6.07, 6.45) is 4.77. The zero-order valence-electron chi connectivity index (χ0n) is 13.0. The Morgan fingerprint density at radius 2 is 2.00 bits per heavy atom. The average Bonchev–Trinajstić information content (AvgIpc) is 2.95. The molecular weight excluding hydrogens is 278 g/mol. The summed E-state index contributed by atoms with van der Waals surface area (Å²) in [5, 5.41) is 7.31. The van der Waals surface area contributed by atoms with E-state index in [2.05, 4.69) is 65.9 Å². The summed E-state index contributed by atoms with van der Waals surface area (Å²) in [6, 6.07) is 8.43. The molecule has 0 saturated carbocycles. The van der Waals surface area contributed by atoms with Gasteiger partial charge in [0.25, 0.3) is 0 Å². The lowest BCUT2D eigenvalue weighted by atomic mass is 10.1. The van der Waals surface area contributed by atoms with Gasteiger partial charge in [-0.05, 0) is 26.7 Å². The standard InChI is InChI=1S/C17H23N3S/c1-4-5-6-7-14(3)19-20-17-18-16(12-21-17)15-10-8-13(2)9-11-15/h8-12H,4-7H2,1-3H3,(H,18,20)/b19-14+. The lowest BCUT2D eigenvalue weighted by Crippen LogP contribution is -1.97. The zero-order chi connectivity index (χ0) is 15.1. The van der Waals surface area contributed by atoms with E-state index < -0.39 is 0 Å². The summed E-state index contributed by atoms with van der Waals surface area (Å²) >= 11 is 1.59. The lowest BCUT2D eigenvalue weighted by Gasteiger charge is -2.00. The van der Waals surface area contributed by atoms with Crippen LogP contribution in [-0.4, -0.2) is 10.7 Å². The van der Waals surface area contributed by atoms with Gasteiger partial charge in [-0.15, -0.1) is 11.3 Å². The van der Waals surface area contributed by atoms with Crippen molar-refractivity contribution in [1.82, 2.24) is 4.98 Å². The van der Waals surface area contributed by atoms with Crippen LogP contribution in [0.1, 0.15) is 45.1 Å². The molecule has 21 heavy (non-hydrogen) atoms. The molecule has 0 aliphatic rings. The molecule has 0 saturated heterocycles. The topological polar surface area (TPSA) is 37.3 Å². The number of hydrogen-bond acceptors (Lipinski definition) is 4. The highest BCUT2D eigenvalue weighted by Gasteiger charge is 2.03. The number of thiazole rings is 1. The van der Waals surface area contributed by atoms with Crippen molar-refractivity contribution in [2.24, 2.45) is 5.10 Å². The van der Waals surface area contributed by atoms with E-state index in [0.717, 1.165) is 28.5 Å².